The van der Waals surface area contributed by atoms with Crippen molar-refractivity contribution in [1.82, 2.24) is 9.29 Å². The van der Waals surface area contributed by atoms with Crippen molar-refractivity contribution in [3.63, 3.8) is 0 Å². The Bertz CT molecular complexity index is 1330. The Morgan fingerprint density at radius 2 is 1.85 bits per heavy atom. The number of amides is 1. The van der Waals surface area contributed by atoms with E-state index in [4.69, 9.17) is 4.74 Å². The molecule has 5 rings (SSSR count). The zero-order valence-corrected chi connectivity index (χ0v) is 19.1. The third kappa shape index (κ3) is 4.08. The average Bonchev–Trinajstić information content (AvgIpc) is 3.44. The van der Waals surface area contributed by atoms with Gasteiger partial charge in [0.05, 0.1) is 34.9 Å². The van der Waals surface area contributed by atoms with Crippen molar-refractivity contribution < 1.29 is 22.7 Å². The number of fused-ring (bicyclic) bond motifs is 1. The lowest BCUT2D eigenvalue weighted by Gasteiger charge is -2.24. The van der Waals surface area contributed by atoms with Gasteiger partial charge in [-0.25, -0.2) is 8.42 Å². The number of anilines is 1. The molecule has 8 nitrogen and oxygen atoms in total. The van der Waals surface area contributed by atoms with E-state index in [-0.39, 0.29) is 29.7 Å². The summed E-state index contributed by atoms with van der Waals surface area (Å²) in [6.45, 7) is 0.815. The van der Waals surface area contributed by atoms with Gasteiger partial charge < -0.3 is 9.64 Å². The third-order valence-electron chi connectivity index (χ3n) is 6.13. The summed E-state index contributed by atoms with van der Waals surface area (Å²) in [5.74, 6) is -0.773. The van der Waals surface area contributed by atoms with Crippen molar-refractivity contribution >= 4 is 27.4 Å². The molecule has 1 fully saturated rings. The van der Waals surface area contributed by atoms with Crippen LogP contribution >= 0.6 is 0 Å². The zero-order valence-electron chi connectivity index (χ0n) is 18.3. The maximum Gasteiger partial charge on any atom is 0.299 e. The quantitative estimate of drug-likeness (QED) is 0.485. The maximum absolute atomic E-state index is 13.5. The SMILES string of the molecule is O=C1C(=O)N(Cc2ccccc2)c2ccc(S(=O)(=O)N3CCCC3COc3cccnc3)cc21. The minimum Gasteiger partial charge on any atom is -0.490 e. The van der Waals surface area contributed by atoms with Gasteiger partial charge in [0.2, 0.25) is 10.0 Å². The van der Waals surface area contributed by atoms with Gasteiger partial charge >= 0.3 is 0 Å². The molecule has 9 heteroatoms. The minimum atomic E-state index is -3.88. The third-order valence-corrected chi connectivity index (χ3v) is 8.08. The van der Waals surface area contributed by atoms with Gasteiger partial charge in [-0.15, -0.1) is 0 Å². The Labute approximate surface area is 197 Å². The Hall–Kier alpha value is -3.56. The molecular weight excluding hydrogens is 454 g/mol. The van der Waals surface area contributed by atoms with Crippen LogP contribution in [0.1, 0.15) is 28.8 Å². The molecule has 2 aliphatic heterocycles. The molecule has 1 unspecified atom stereocenters. The number of ether oxygens (including phenoxy) is 1. The van der Waals surface area contributed by atoms with Gasteiger partial charge in [0.15, 0.2) is 0 Å². The number of carbonyl (C=O) groups is 2. The van der Waals surface area contributed by atoms with Gasteiger partial charge in [-0.2, -0.15) is 4.31 Å². The Morgan fingerprint density at radius 1 is 1.03 bits per heavy atom. The minimum absolute atomic E-state index is 0.00207. The number of hydrogen-bond donors (Lipinski definition) is 0. The summed E-state index contributed by atoms with van der Waals surface area (Å²) in [5, 5.41) is 0. The smallest absolute Gasteiger partial charge is 0.299 e. The van der Waals surface area contributed by atoms with Crippen LogP contribution in [-0.2, 0) is 21.4 Å². The maximum atomic E-state index is 13.5. The van der Waals surface area contributed by atoms with Crippen LogP contribution in [0.2, 0.25) is 0 Å². The number of ketones is 1. The van der Waals surface area contributed by atoms with Crippen LogP contribution in [0, 0.1) is 0 Å². The second kappa shape index (κ2) is 9.00. The lowest BCUT2D eigenvalue weighted by molar-refractivity contribution is -0.114. The Balaban J connectivity index is 1.38. The van der Waals surface area contributed by atoms with Crippen LogP contribution in [0.25, 0.3) is 0 Å². The standard InChI is InChI=1S/C25H23N3O5S/c29-24-22-14-21(10-11-23(22)27(25(24)30)16-18-6-2-1-3-7-18)34(31,32)28-13-5-8-19(28)17-33-20-9-4-12-26-15-20/h1-4,6-7,9-12,14-15,19H,5,8,13,16-17H2. The number of carbonyl (C=O) groups excluding carboxylic acids is 2. The number of pyridine rings is 1. The van der Waals surface area contributed by atoms with Crippen LogP contribution in [0.4, 0.5) is 5.69 Å². The normalized spacial score (nSPS) is 18.4. The van der Waals surface area contributed by atoms with Crippen molar-refractivity contribution in [3.8, 4) is 5.75 Å². The van der Waals surface area contributed by atoms with E-state index >= 15 is 0 Å². The van der Waals surface area contributed by atoms with E-state index in [2.05, 4.69) is 4.98 Å². The van der Waals surface area contributed by atoms with E-state index in [0.717, 1.165) is 5.56 Å². The molecule has 2 aromatic carbocycles. The fourth-order valence-corrected chi connectivity index (χ4v) is 6.12. The topological polar surface area (TPSA) is 96.9 Å². The molecule has 1 saturated heterocycles. The van der Waals surface area contributed by atoms with Gasteiger partial charge in [0.25, 0.3) is 11.7 Å². The summed E-state index contributed by atoms with van der Waals surface area (Å²) in [6, 6.07) is 16.9. The van der Waals surface area contributed by atoms with Crippen LogP contribution < -0.4 is 9.64 Å². The lowest BCUT2D eigenvalue weighted by Crippen LogP contribution is -2.39. The summed E-state index contributed by atoms with van der Waals surface area (Å²) in [5.41, 5.74) is 1.42. The van der Waals surface area contributed by atoms with Crippen LogP contribution in [-0.4, -0.2) is 48.6 Å². The van der Waals surface area contributed by atoms with Crippen LogP contribution in [0.3, 0.4) is 0 Å². The molecule has 0 aliphatic carbocycles. The number of hydrogen-bond acceptors (Lipinski definition) is 6. The predicted octanol–water partition coefficient (Wildman–Crippen LogP) is 3.04. The van der Waals surface area contributed by atoms with E-state index in [1.54, 1.807) is 30.6 Å². The monoisotopic (exact) mass is 477 g/mol. The summed E-state index contributed by atoms with van der Waals surface area (Å²) in [6.07, 6.45) is 4.61. The number of sulfonamides is 1. The first kappa shape index (κ1) is 22.2. The van der Waals surface area contributed by atoms with Crippen molar-refractivity contribution in [2.24, 2.45) is 0 Å². The van der Waals surface area contributed by atoms with Crippen molar-refractivity contribution in [2.45, 2.75) is 30.3 Å². The predicted molar refractivity (Wildman–Crippen MR) is 125 cm³/mol. The van der Waals surface area contributed by atoms with Crippen LogP contribution in [0.15, 0.2) is 78.0 Å². The fraction of sp³-hybridized carbons (Fsp3) is 0.240. The zero-order chi connectivity index (χ0) is 23.7. The lowest BCUT2D eigenvalue weighted by atomic mass is 10.1. The molecule has 0 saturated carbocycles. The fourth-order valence-electron chi connectivity index (χ4n) is 4.42. The summed E-state index contributed by atoms with van der Waals surface area (Å²) in [4.78, 5) is 30.7. The highest BCUT2D eigenvalue weighted by Gasteiger charge is 2.40. The molecule has 34 heavy (non-hydrogen) atoms. The molecule has 1 atom stereocenters. The van der Waals surface area contributed by atoms with E-state index < -0.39 is 21.7 Å². The van der Waals surface area contributed by atoms with E-state index in [0.29, 0.717) is 30.8 Å². The van der Waals surface area contributed by atoms with Gasteiger partial charge in [0.1, 0.15) is 12.4 Å². The van der Waals surface area contributed by atoms with Crippen LogP contribution in [0.5, 0.6) is 5.75 Å². The van der Waals surface area contributed by atoms with Crippen molar-refractivity contribution in [3.05, 3.63) is 84.2 Å². The van der Waals surface area contributed by atoms with Gasteiger partial charge in [0, 0.05) is 12.7 Å². The molecular formula is C25H23N3O5S. The van der Waals surface area contributed by atoms with Crippen molar-refractivity contribution in [2.75, 3.05) is 18.1 Å². The highest BCUT2D eigenvalue weighted by molar-refractivity contribution is 7.89. The molecule has 174 valence electrons. The number of Topliss-reactive ketones (excluding diaryl/α,β-unsaturated/α-hetero) is 1. The van der Waals surface area contributed by atoms with E-state index in [1.807, 2.05) is 30.3 Å². The molecule has 0 bridgehead atoms. The molecule has 0 spiro atoms. The van der Waals surface area contributed by atoms with Gasteiger partial charge in [-0.05, 0) is 48.7 Å². The first-order valence-electron chi connectivity index (χ1n) is 11.0. The first-order valence-corrected chi connectivity index (χ1v) is 12.5. The highest BCUT2D eigenvalue weighted by atomic mass is 32.2. The second-order valence-corrected chi connectivity index (χ2v) is 10.2. The number of nitrogens with zero attached hydrogens (tertiary/aromatic N) is 3. The molecule has 1 amide bonds. The highest BCUT2D eigenvalue weighted by Crippen LogP contribution is 2.34. The molecule has 0 N–H and O–H groups in total. The van der Waals surface area contributed by atoms with E-state index in [9.17, 15) is 18.0 Å². The van der Waals surface area contributed by atoms with Gasteiger partial charge in [-0.1, -0.05) is 30.3 Å². The molecule has 0 radical (unpaired) electrons. The number of aromatic nitrogens is 1. The molecule has 2 aliphatic rings. The van der Waals surface area contributed by atoms with Crippen molar-refractivity contribution in [1.29, 1.82) is 0 Å². The summed E-state index contributed by atoms with van der Waals surface area (Å²) < 4.78 is 34.1. The molecule has 3 heterocycles. The Kier molecular flexibility index (Phi) is 5.89. The summed E-state index contributed by atoms with van der Waals surface area (Å²) >= 11 is 0. The first-order chi connectivity index (χ1) is 16.4. The molecule has 1 aromatic heterocycles. The average molecular weight is 478 g/mol. The number of rotatable bonds is 7. The van der Waals surface area contributed by atoms with E-state index in [1.165, 1.54) is 21.3 Å². The molecule has 3 aromatic rings. The number of benzene rings is 2. The Morgan fingerprint density at radius 3 is 2.62 bits per heavy atom. The van der Waals surface area contributed by atoms with Gasteiger partial charge in [-0.3, -0.25) is 14.6 Å². The summed E-state index contributed by atoms with van der Waals surface area (Å²) in [7, 11) is -3.88. The second-order valence-electron chi connectivity index (χ2n) is 8.30. The largest absolute Gasteiger partial charge is 0.490 e.